The van der Waals surface area contributed by atoms with Crippen molar-refractivity contribution in [3.05, 3.63) is 94.5 Å². The zero-order valence-corrected chi connectivity index (χ0v) is 23.4. The van der Waals surface area contributed by atoms with Crippen molar-refractivity contribution in [1.82, 2.24) is 14.8 Å². The van der Waals surface area contributed by atoms with E-state index in [4.69, 9.17) is 14.6 Å². The maximum Gasteiger partial charge on any atom is 0.257 e. The Morgan fingerprint density at radius 2 is 1.62 bits per heavy atom. The van der Waals surface area contributed by atoms with E-state index in [1.165, 1.54) is 16.7 Å². The third kappa shape index (κ3) is 6.15. The molecule has 1 fully saturated rings. The van der Waals surface area contributed by atoms with Crippen LogP contribution in [0, 0.1) is 13.8 Å². The monoisotopic (exact) mass is 526 g/mol. The Labute approximate surface area is 231 Å². The summed E-state index contributed by atoms with van der Waals surface area (Å²) < 4.78 is 11.1. The van der Waals surface area contributed by atoms with Crippen molar-refractivity contribution >= 4 is 11.6 Å². The van der Waals surface area contributed by atoms with Crippen molar-refractivity contribution < 1.29 is 14.3 Å². The van der Waals surface area contributed by atoms with Crippen LogP contribution < -0.4 is 9.47 Å². The summed E-state index contributed by atoms with van der Waals surface area (Å²) in [6, 6.07) is 22.5. The highest BCUT2D eigenvalue weighted by atomic mass is 16.5. The number of amides is 1. The first kappa shape index (κ1) is 26.9. The summed E-state index contributed by atoms with van der Waals surface area (Å²) in [4.78, 5) is 18.5. The van der Waals surface area contributed by atoms with Crippen molar-refractivity contribution in [3.63, 3.8) is 0 Å². The van der Waals surface area contributed by atoms with Crippen LogP contribution in [0.3, 0.4) is 0 Å². The van der Waals surface area contributed by atoms with E-state index in [2.05, 4.69) is 66.1 Å². The number of benzene rings is 3. The summed E-state index contributed by atoms with van der Waals surface area (Å²) in [7, 11) is 3.29. The standard InChI is InChI=1S/C32H38N4O3/c1-23-10-11-26(18-24(23)2)29-20-30(28-13-12-27(38-3)19-31(28)39-4)36(33-29)32(37)22-35-16-14-34(15-17-35)21-25-8-6-5-7-9-25/h5-13,18-19,30H,14-17,20-22H2,1-4H3/t30-/m0/s1. The van der Waals surface area contributed by atoms with E-state index in [0.717, 1.165) is 55.3 Å². The molecule has 0 bridgehead atoms. The molecule has 0 aromatic heterocycles. The van der Waals surface area contributed by atoms with E-state index in [1.807, 2.05) is 24.3 Å². The zero-order valence-electron chi connectivity index (χ0n) is 23.4. The molecule has 1 atom stereocenters. The zero-order chi connectivity index (χ0) is 27.4. The average Bonchev–Trinajstić information content (AvgIpc) is 3.41. The van der Waals surface area contributed by atoms with Crippen LogP contribution in [-0.2, 0) is 11.3 Å². The first-order valence-corrected chi connectivity index (χ1v) is 13.6. The summed E-state index contributed by atoms with van der Waals surface area (Å²) in [6.07, 6.45) is 0.627. The van der Waals surface area contributed by atoms with E-state index < -0.39 is 0 Å². The fourth-order valence-corrected chi connectivity index (χ4v) is 5.38. The van der Waals surface area contributed by atoms with Gasteiger partial charge in [-0.3, -0.25) is 14.6 Å². The normalized spacial score (nSPS) is 18.2. The number of aryl methyl sites for hydroxylation is 2. The molecule has 2 aliphatic heterocycles. The van der Waals surface area contributed by atoms with Gasteiger partial charge in [0.1, 0.15) is 11.5 Å². The highest BCUT2D eigenvalue weighted by Gasteiger charge is 2.36. The Hall–Kier alpha value is -3.68. The molecule has 0 aliphatic carbocycles. The number of piperazine rings is 1. The summed E-state index contributed by atoms with van der Waals surface area (Å²) in [5, 5.41) is 6.60. The lowest BCUT2D eigenvalue weighted by Gasteiger charge is -2.35. The molecule has 0 saturated carbocycles. The van der Waals surface area contributed by atoms with Crippen LogP contribution in [0.4, 0.5) is 0 Å². The molecule has 0 N–H and O–H groups in total. The van der Waals surface area contributed by atoms with Gasteiger partial charge >= 0.3 is 0 Å². The minimum atomic E-state index is -0.241. The molecule has 0 radical (unpaired) electrons. The molecule has 0 unspecified atom stereocenters. The highest BCUT2D eigenvalue weighted by Crippen LogP contribution is 2.39. The Bertz CT molecular complexity index is 1330. The fraction of sp³-hybridized carbons (Fsp3) is 0.375. The first-order valence-electron chi connectivity index (χ1n) is 13.6. The number of hydrogen-bond acceptors (Lipinski definition) is 6. The number of rotatable bonds is 8. The fourth-order valence-electron chi connectivity index (χ4n) is 5.38. The molecule has 3 aromatic carbocycles. The molecule has 5 rings (SSSR count). The van der Waals surface area contributed by atoms with Crippen LogP contribution in [0.1, 0.15) is 40.3 Å². The number of hydrogen-bond donors (Lipinski definition) is 0. The molecule has 1 amide bonds. The van der Waals surface area contributed by atoms with Gasteiger partial charge in [-0.05, 0) is 54.3 Å². The van der Waals surface area contributed by atoms with Gasteiger partial charge in [0.05, 0.1) is 32.5 Å². The summed E-state index contributed by atoms with van der Waals surface area (Å²) >= 11 is 0. The Morgan fingerprint density at radius 1 is 0.872 bits per heavy atom. The molecule has 2 aliphatic rings. The second-order valence-electron chi connectivity index (χ2n) is 10.4. The Kier molecular flexibility index (Phi) is 8.29. The van der Waals surface area contributed by atoms with E-state index in [1.54, 1.807) is 19.2 Å². The highest BCUT2D eigenvalue weighted by molar-refractivity contribution is 6.03. The lowest BCUT2D eigenvalue weighted by molar-refractivity contribution is -0.134. The molecule has 2 heterocycles. The third-order valence-corrected chi connectivity index (χ3v) is 7.88. The van der Waals surface area contributed by atoms with Crippen LogP contribution in [0.2, 0.25) is 0 Å². The van der Waals surface area contributed by atoms with Crippen molar-refractivity contribution in [2.75, 3.05) is 46.9 Å². The van der Waals surface area contributed by atoms with Crippen molar-refractivity contribution in [2.45, 2.75) is 32.9 Å². The van der Waals surface area contributed by atoms with Gasteiger partial charge < -0.3 is 9.47 Å². The summed E-state index contributed by atoms with van der Waals surface area (Å²) in [6.45, 7) is 9.10. The number of nitrogens with zero attached hydrogens (tertiary/aromatic N) is 4. The van der Waals surface area contributed by atoms with Gasteiger partial charge in [0.25, 0.3) is 5.91 Å². The Balaban J connectivity index is 1.33. The van der Waals surface area contributed by atoms with Crippen LogP contribution >= 0.6 is 0 Å². The van der Waals surface area contributed by atoms with Crippen LogP contribution in [0.25, 0.3) is 0 Å². The molecule has 3 aromatic rings. The summed E-state index contributed by atoms with van der Waals surface area (Å²) in [5.41, 5.74) is 6.69. The molecule has 39 heavy (non-hydrogen) atoms. The van der Waals surface area contributed by atoms with Crippen molar-refractivity contribution in [2.24, 2.45) is 5.10 Å². The minimum absolute atomic E-state index is 0.00761. The number of hydrazone groups is 1. The smallest absolute Gasteiger partial charge is 0.257 e. The van der Waals surface area contributed by atoms with E-state index in [0.29, 0.717) is 18.7 Å². The van der Waals surface area contributed by atoms with Crippen LogP contribution in [-0.4, -0.2) is 73.4 Å². The molecule has 1 saturated heterocycles. The quantitative estimate of drug-likeness (QED) is 0.422. The molecule has 7 nitrogen and oxygen atoms in total. The second-order valence-corrected chi connectivity index (χ2v) is 10.4. The topological polar surface area (TPSA) is 57.6 Å². The molecular formula is C32H38N4O3. The first-order chi connectivity index (χ1) is 18.9. The third-order valence-electron chi connectivity index (χ3n) is 7.88. The number of carbonyl (C=O) groups is 1. The summed E-state index contributed by atoms with van der Waals surface area (Å²) in [5.74, 6) is 1.42. The van der Waals surface area contributed by atoms with Crippen molar-refractivity contribution in [1.29, 1.82) is 0 Å². The van der Waals surface area contributed by atoms with E-state index in [-0.39, 0.29) is 11.9 Å². The van der Waals surface area contributed by atoms with Crippen LogP contribution in [0.5, 0.6) is 11.5 Å². The minimum Gasteiger partial charge on any atom is -0.497 e. The van der Waals surface area contributed by atoms with Gasteiger partial charge in [-0.1, -0.05) is 42.5 Å². The van der Waals surface area contributed by atoms with Gasteiger partial charge in [-0.2, -0.15) is 5.10 Å². The van der Waals surface area contributed by atoms with Gasteiger partial charge in [0, 0.05) is 50.8 Å². The van der Waals surface area contributed by atoms with Crippen LogP contribution in [0.15, 0.2) is 71.8 Å². The largest absolute Gasteiger partial charge is 0.497 e. The number of ether oxygens (including phenoxy) is 2. The van der Waals surface area contributed by atoms with E-state index >= 15 is 0 Å². The SMILES string of the molecule is COc1ccc([C@@H]2CC(c3ccc(C)c(C)c3)=NN2C(=O)CN2CCN(Cc3ccccc3)CC2)c(OC)c1. The maximum absolute atomic E-state index is 13.8. The molecule has 204 valence electrons. The van der Waals surface area contributed by atoms with Crippen molar-refractivity contribution in [3.8, 4) is 11.5 Å². The predicted octanol–water partition coefficient (Wildman–Crippen LogP) is 4.82. The van der Waals surface area contributed by atoms with Gasteiger partial charge in [0.15, 0.2) is 0 Å². The molecule has 0 spiro atoms. The molecular weight excluding hydrogens is 488 g/mol. The molecule has 7 heteroatoms. The number of methoxy groups -OCH3 is 2. The lowest BCUT2D eigenvalue weighted by Crippen LogP contribution is -2.49. The average molecular weight is 527 g/mol. The second kappa shape index (κ2) is 12.0. The van der Waals surface area contributed by atoms with Gasteiger partial charge in [0.2, 0.25) is 0 Å². The van der Waals surface area contributed by atoms with Gasteiger partial charge in [-0.15, -0.1) is 0 Å². The lowest BCUT2D eigenvalue weighted by atomic mass is 9.96. The van der Waals surface area contributed by atoms with E-state index in [9.17, 15) is 4.79 Å². The Morgan fingerprint density at radius 3 is 2.31 bits per heavy atom. The number of carbonyl (C=O) groups excluding carboxylic acids is 1. The predicted molar refractivity (Wildman–Crippen MR) is 154 cm³/mol. The van der Waals surface area contributed by atoms with Gasteiger partial charge in [-0.25, -0.2) is 5.01 Å². The maximum atomic E-state index is 13.8.